The van der Waals surface area contributed by atoms with E-state index >= 15 is 0 Å². The van der Waals surface area contributed by atoms with Crippen molar-refractivity contribution in [1.82, 2.24) is 15.3 Å². The van der Waals surface area contributed by atoms with Crippen LogP contribution in [0.1, 0.15) is 16.1 Å². The van der Waals surface area contributed by atoms with E-state index in [1.807, 2.05) is 0 Å². The molecule has 8 heteroatoms. The van der Waals surface area contributed by atoms with Crippen molar-refractivity contribution in [1.29, 1.82) is 0 Å². The number of nitrogens with one attached hydrogen (secondary N) is 3. The summed E-state index contributed by atoms with van der Waals surface area (Å²) in [5, 5.41) is 6.40. The Bertz CT molecular complexity index is 1020. The Labute approximate surface area is 146 Å². The van der Waals surface area contributed by atoms with Crippen molar-refractivity contribution >= 4 is 40.0 Å². The highest BCUT2D eigenvalue weighted by atomic mass is 35.5. The molecule has 3 N–H and O–H groups in total. The minimum Gasteiger partial charge on any atom is -0.349 e. The van der Waals surface area contributed by atoms with Crippen molar-refractivity contribution in [2.75, 3.05) is 5.32 Å². The number of carbonyl (C=O) groups is 2. The van der Waals surface area contributed by atoms with Crippen LogP contribution in [0.3, 0.4) is 0 Å². The third-order valence-electron chi connectivity index (χ3n) is 4.09. The van der Waals surface area contributed by atoms with Crippen LogP contribution in [-0.4, -0.2) is 27.8 Å². The number of aromatic nitrogens is 2. The summed E-state index contributed by atoms with van der Waals surface area (Å²) in [4.78, 5) is 31.5. The van der Waals surface area contributed by atoms with Gasteiger partial charge in [0.2, 0.25) is 5.91 Å². The maximum absolute atomic E-state index is 13.4. The minimum absolute atomic E-state index is 0.221. The van der Waals surface area contributed by atoms with E-state index in [9.17, 15) is 14.0 Å². The molecule has 1 aromatic carbocycles. The summed E-state index contributed by atoms with van der Waals surface area (Å²) in [6.45, 7) is 0. The molecular weight excluding hydrogens is 347 g/mol. The molecule has 0 saturated heterocycles. The van der Waals surface area contributed by atoms with Gasteiger partial charge in [-0.1, -0.05) is 11.6 Å². The molecule has 0 spiro atoms. The van der Waals surface area contributed by atoms with Gasteiger partial charge >= 0.3 is 0 Å². The Morgan fingerprint density at radius 1 is 1.32 bits per heavy atom. The molecule has 0 aliphatic carbocycles. The first-order chi connectivity index (χ1) is 12.0. The third-order valence-corrected chi connectivity index (χ3v) is 4.29. The van der Waals surface area contributed by atoms with Crippen LogP contribution in [0, 0.1) is 5.82 Å². The van der Waals surface area contributed by atoms with Crippen LogP contribution in [0.4, 0.5) is 10.1 Å². The summed E-state index contributed by atoms with van der Waals surface area (Å²) in [5.74, 6) is -1.17. The molecule has 2 aromatic heterocycles. The molecule has 3 heterocycles. The zero-order valence-corrected chi connectivity index (χ0v) is 13.5. The predicted molar refractivity (Wildman–Crippen MR) is 91.1 cm³/mol. The number of pyridine rings is 1. The molecule has 0 fully saturated rings. The van der Waals surface area contributed by atoms with Crippen LogP contribution in [0.5, 0.6) is 0 Å². The summed E-state index contributed by atoms with van der Waals surface area (Å²) in [6, 6.07) is 6.62. The van der Waals surface area contributed by atoms with E-state index in [0.29, 0.717) is 21.9 Å². The van der Waals surface area contributed by atoms with Crippen LogP contribution in [-0.2, 0) is 11.2 Å². The number of aromatic amines is 1. The van der Waals surface area contributed by atoms with Crippen molar-refractivity contribution in [3.8, 4) is 0 Å². The predicted octanol–water partition coefficient (Wildman–Crippen LogP) is 2.65. The number of benzene rings is 1. The Hall–Kier alpha value is -2.93. The number of carbonyl (C=O) groups excluding carboxylic acids is 2. The fourth-order valence-corrected chi connectivity index (χ4v) is 3.03. The lowest BCUT2D eigenvalue weighted by Gasteiger charge is -2.25. The third kappa shape index (κ3) is 2.94. The fraction of sp³-hybridized carbons (Fsp3) is 0.118. The lowest BCUT2D eigenvalue weighted by molar-refractivity contribution is -0.118. The van der Waals surface area contributed by atoms with Gasteiger partial charge in [-0.05, 0) is 35.9 Å². The molecule has 6 nitrogen and oxygen atoms in total. The van der Waals surface area contributed by atoms with E-state index in [-0.39, 0.29) is 23.8 Å². The molecule has 1 aliphatic heterocycles. The molecule has 2 amide bonds. The molecule has 126 valence electrons. The number of fused-ring (bicyclic) bond motifs is 2. The highest BCUT2D eigenvalue weighted by Crippen LogP contribution is 2.24. The van der Waals surface area contributed by atoms with Gasteiger partial charge in [0.1, 0.15) is 22.7 Å². The van der Waals surface area contributed by atoms with Gasteiger partial charge < -0.3 is 15.6 Å². The van der Waals surface area contributed by atoms with Crippen LogP contribution >= 0.6 is 11.6 Å². The standard InChI is InChI=1S/C17H12ClFN4O2/c18-15-6-9-5-12(21-14(9)7-20-15)16(24)23-13-4-8-3-10(19)1-2-11(8)22-17(13)25/h1-3,5-7,13,21H,4H2,(H,22,25)(H,23,24). The van der Waals surface area contributed by atoms with Crippen molar-refractivity contribution in [3.05, 3.63) is 58.8 Å². The smallest absolute Gasteiger partial charge is 0.268 e. The second-order valence-electron chi connectivity index (χ2n) is 5.80. The summed E-state index contributed by atoms with van der Waals surface area (Å²) < 4.78 is 13.4. The molecule has 0 bridgehead atoms. The second kappa shape index (κ2) is 5.86. The molecule has 3 aromatic rings. The van der Waals surface area contributed by atoms with Gasteiger partial charge in [0, 0.05) is 17.5 Å². The lowest BCUT2D eigenvalue weighted by Crippen LogP contribution is -2.47. The number of anilines is 1. The number of hydrogen-bond acceptors (Lipinski definition) is 3. The van der Waals surface area contributed by atoms with Gasteiger partial charge in [-0.2, -0.15) is 0 Å². The molecule has 4 rings (SSSR count). The quantitative estimate of drug-likeness (QED) is 0.615. The molecule has 0 saturated carbocycles. The average molecular weight is 359 g/mol. The van der Waals surface area contributed by atoms with Crippen LogP contribution in [0.25, 0.3) is 10.9 Å². The van der Waals surface area contributed by atoms with Crippen molar-refractivity contribution in [2.24, 2.45) is 0 Å². The van der Waals surface area contributed by atoms with Gasteiger partial charge in [0.15, 0.2) is 0 Å². The maximum Gasteiger partial charge on any atom is 0.268 e. The summed E-state index contributed by atoms with van der Waals surface area (Å²) >= 11 is 5.83. The fourth-order valence-electron chi connectivity index (χ4n) is 2.87. The minimum atomic E-state index is -0.782. The van der Waals surface area contributed by atoms with E-state index in [4.69, 9.17) is 11.6 Å². The van der Waals surface area contributed by atoms with Gasteiger partial charge in [0.25, 0.3) is 5.91 Å². The highest BCUT2D eigenvalue weighted by molar-refractivity contribution is 6.30. The second-order valence-corrected chi connectivity index (χ2v) is 6.19. The highest BCUT2D eigenvalue weighted by Gasteiger charge is 2.28. The molecule has 1 unspecified atom stereocenters. The van der Waals surface area contributed by atoms with Crippen LogP contribution in [0.15, 0.2) is 36.5 Å². The van der Waals surface area contributed by atoms with Crippen molar-refractivity contribution in [3.63, 3.8) is 0 Å². The van der Waals surface area contributed by atoms with Gasteiger partial charge in [0.05, 0.1) is 11.7 Å². The largest absolute Gasteiger partial charge is 0.349 e. The van der Waals surface area contributed by atoms with Gasteiger partial charge in [-0.25, -0.2) is 9.37 Å². The molecule has 0 radical (unpaired) electrons. The lowest BCUT2D eigenvalue weighted by atomic mass is 9.98. The number of H-pyrrole nitrogens is 1. The van der Waals surface area contributed by atoms with Crippen LogP contribution in [0.2, 0.25) is 5.15 Å². The molecular formula is C17H12ClFN4O2. The van der Waals surface area contributed by atoms with Crippen molar-refractivity contribution in [2.45, 2.75) is 12.5 Å². The average Bonchev–Trinajstić information content (AvgIpc) is 2.99. The van der Waals surface area contributed by atoms with E-state index in [2.05, 4.69) is 20.6 Å². The summed E-state index contributed by atoms with van der Waals surface area (Å²) in [5.41, 5.74) is 2.15. The zero-order chi connectivity index (χ0) is 17.6. The zero-order valence-electron chi connectivity index (χ0n) is 12.8. The first-order valence-electron chi connectivity index (χ1n) is 7.54. The molecule has 1 aliphatic rings. The first-order valence-corrected chi connectivity index (χ1v) is 7.92. The van der Waals surface area contributed by atoms with E-state index < -0.39 is 11.9 Å². The Balaban J connectivity index is 1.56. The topological polar surface area (TPSA) is 86.9 Å². The van der Waals surface area contributed by atoms with Gasteiger partial charge in [-0.3, -0.25) is 9.59 Å². The van der Waals surface area contributed by atoms with Gasteiger partial charge in [-0.15, -0.1) is 0 Å². The van der Waals surface area contributed by atoms with E-state index in [0.717, 1.165) is 5.39 Å². The first kappa shape index (κ1) is 15.6. The van der Waals surface area contributed by atoms with Crippen molar-refractivity contribution < 1.29 is 14.0 Å². The van der Waals surface area contributed by atoms with E-state index in [1.165, 1.54) is 24.4 Å². The Morgan fingerprint density at radius 3 is 3.00 bits per heavy atom. The number of amides is 2. The number of nitrogens with zero attached hydrogens (tertiary/aromatic N) is 1. The summed E-state index contributed by atoms with van der Waals surface area (Å²) in [7, 11) is 0. The molecule has 1 atom stereocenters. The van der Waals surface area contributed by atoms with Crippen LogP contribution < -0.4 is 10.6 Å². The van der Waals surface area contributed by atoms with E-state index in [1.54, 1.807) is 12.1 Å². The number of hydrogen-bond donors (Lipinski definition) is 3. The number of rotatable bonds is 2. The normalized spacial score (nSPS) is 16.4. The Kier molecular flexibility index (Phi) is 3.65. The SMILES string of the molecule is O=C(NC1Cc2cc(F)ccc2NC1=O)c1cc2cc(Cl)ncc2[nH]1. The molecule has 25 heavy (non-hydrogen) atoms. The summed E-state index contributed by atoms with van der Waals surface area (Å²) in [6.07, 6.45) is 1.75. The number of halogens is 2. The maximum atomic E-state index is 13.4. The Morgan fingerprint density at radius 2 is 2.16 bits per heavy atom. The monoisotopic (exact) mass is 358 g/mol.